The number of nitrogens with zero attached hydrogens (tertiary/aromatic N) is 3. The topological polar surface area (TPSA) is 98.1 Å². The third-order valence-electron chi connectivity index (χ3n) is 5.35. The molecule has 9 heteroatoms. The minimum Gasteiger partial charge on any atom is -0.497 e. The van der Waals surface area contributed by atoms with Gasteiger partial charge in [-0.1, -0.05) is 49.9 Å². The highest BCUT2D eigenvalue weighted by molar-refractivity contribution is 7.99. The van der Waals surface area contributed by atoms with E-state index in [1.54, 1.807) is 11.7 Å². The second-order valence-electron chi connectivity index (χ2n) is 8.33. The van der Waals surface area contributed by atoms with E-state index in [2.05, 4.69) is 34.7 Å². The van der Waals surface area contributed by atoms with Crippen LogP contribution < -0.4 is 15.4 Å². The quantitative estimate of drug-likeness (QED) is 0.423. The van der Waals surface area contributed by atoms with E-state index in [0.717, 1.165) is 17.0 Å². The average Bonchev–Trinajstić information content (AvgIpc) is 3.18. The number of hydrogen-bond acceptors (Lipinski definition) is 6. The first-order valence-corrected chi connectivity index (χ1v) is 12.1. The van der Waals surface area contributed by atoms with Crippen LogP contribution in [0.25, 0.3) is 0 Å². The fourth-order valence-electron chi connectivity index (χ4n) is 3.39. The Labute approximate surface area is 204 Å². The molecule has 2 amide bonds. The van der Waals surface area contributed by atoms with Crippen molar-refractivity contribution >= 4 is 29.3 Å². The van der Waals surface area contributed by atoms with E-state index in [1.165, 1.54) is 17.3 Å². The molecule has 3 aromatic rings. The zero-order chi connectivity index (χ0) is 24.7. The molecular weight excluding hydrogens is 450 g/mol. The van der Waals surface area contributed by atoms with Crippen molar-refractivity contribution in [3.8, 4) is 5.75 Å². The highest BCUT2D eigenvalue weighted by Gasteiger charge is 2.18. The number of benzene rings is 2. The fourth-order valence-corrected chi connectivity index (χ4v) is 4.11. The number of thioether (sulfide) groups is 1. The van der Waals surface area contributed by atoms with Crippen LogP contribution in [0.1, 0.15) is 49.7 Å². The highest BCUT2D eigenvalue weighted by Crippen LogP contribution is 2.21. The summed E-state index contributed by atoms with van der Waals surface area (Å²) in [5.41, 5.74) is 2.88. The summed E-state index contributed by atoms with van der Waals surface area (Å²) in [6.45, 7) is 6.12. The summed E-state index contributed by atoms with van der Waals surface area (Å²) < 4.78 is 6.94. The number of methoxy groups -OCH3 is 1. The summed E-state index contributed by atoms with van der Waals surface area (Å²) in [6.07, 6.45) is 0.256. The summed E-state index contributed by atoms with van der Waals surface area (Å²) >= 11 is 1.30. The van der Waals surface area contributed by atoms with Gasteiger partial charge in [0.25, 0.3) is 0 Å². The maximum atomic E-state index is 12.5. The van der Waals surface area contributed by atoms with Crippen molar-refractivity contribution in [2.45, 2.75) is 44.3 Å². The Bertz CT molecular complexity index is 1110. The third kappa shape index (κ3) is 6.84. The smallest absolute Gasteiger partial charge is 0.234 e. The van der Waals surface area contributed by atoms with E-state index < -0.39 is 0 Å². The molecule has 0 bridgehead atoms. The van der Waals surface area contributed by atoms with Crippen LogP contribution >= 0.6 is 11.8 Å². The number of aromatic nitrogens is 3. The van der Waals surface area contributed by atoms with Gasteiger partial charge < -0.3 is 19.9 Å². The van der Waals surface area contributed by atoms with Gasteiger partial charge in [-0.05, 0) is 48.2 Å². The molecule has 3 rings (SSSR count). The molecule has 0 saturated heterocycles. The summed E-state index contributed by atoms with van der Waals surface area (Å²) in [7, 11) is 3.43. The van der Waals surface area contributed by atoms with E-state index in [-0.39, 0.29) is 30.0 Å². The molecule has 2 aromatic carbocycles. The van der Waals surface area contributed by atoms with Crippen LogP contribution in [0, 0.1) is 0 Å². The maximum Gasteiger partial charge on any atom is 0.234 e. The van der Waals surface area contributed by atoms with Crippen molar-refractivity contribution in [1.82, 2.24) is 20.1 Å². The van der Waals surface area contributed by atoms with Crippen molar-refractivity contribution in [3.05, 3.63) is 65.5 Å². The summed E-state index contributed by atoms with van der Waals surface area (Å²) in [5.74, 6) is 1.79. The molecule has 0 aliphatic carbocycles. The standard InChI is InChI=1S/C25H31N5O3S/c1-16(2)19-8-10-20(11-9-19)27-23(32)15-34-25-29-28-24(30(25)4)17(3)26-22(31)14-18-6-12-21(33-5)13-7-18/h6-13,16-17H,14-15H2,1-5H3,(H,26,31)(H,27,32)/t17-/m0/s1. The van der Waals surface area contributed by atoms with E-state index in [0.29, 0.717) is 16.9 Å². The van der Waals surface area contributed by atoms with Crippen LogP contribution in [0.3, 0.4) is 0 Å². The van der Waals surface area contributed by atoms with E-state index in [1.807, 2.05) is 62.5 Å². The number of carbonyl (C=O) groups excluding carboxylic acids is 2. The number of nitrogens with one attached hydrogen (secondary N) is 2. The fraction of sp³-hybridized carbons (Fsp3) is 0.360. The second kappa shape index (κ2) is 11.7. The van der Waals surface area contributed by atoms with E-state index in [9.17, 15) is 9.59 Å². The number of amides is 2. The molecular formula is C25H31N5O3S. The first kappa shape index (κ1) is 25.3. The van der Waals surface area contributed by atoms with E-state index in [4.69, 9.17) is 4.74 Å². The molecule has 0 radical (unpaired) electrons. The Hall–Kier alpha value is -3.33. The first-order chi connectivity index (χ1) is 16.3. The van der Waals surface area contributed by atoms with Crippen LogP contribution in [0.4, 0.5) is 5.69 Å². The predicted molar refractivity (Wildman–Crippen MR) is 134 cm³/mol. The molecule has 180 valence electrons. The number of ether oxygens (including phenoxy) is 1. The van der Waals surface area contributed by atoms with Gasteiger partial charge in [-0.3, -0.25) is 9.59 Å². The third-order valence-corrected chi connectivity index (χ3v) is 6.37. The SMILES string of the molecule is COc1ccc(CC(=O)N[C@@H](C)c2nnc(SCC(=O)Nc3ccc(C(C)C)cc3)n2C)cc1. The molecule has 8 nitrogen and oxygen atoms in total. The molecule has 1 atom stereocenters. The maximum absolute atomic E-state index is 12.5. The molecule has 0 aliphatic heterocycles. The molecule has 0 saturated carbocycles. The molecule has 0 unspecified atom stereocenters. The minimum absolute atomic E-state index is 0.113. The van der Waals surface area contributed by atoms with Gasteiger partial charge in [0.05, 0.1) is 25.3 Å². The molecule has 2 N–H and O–H groups in total. The van der Waals surface area contributed by atoms with Gasteiger partial charge in [0, 0.05) is 12.7 Å². The molecule has 0 fully saturated rings. The van der Waals surface area contributed by atoms with E-state index >= 15 is 0 Å². The number of anilines is 1. The lowest BCUT2D eigenvalue weighted by Crippen LogP contribution is -2.29. The largest absolute Gasteiger partial charge is 0.497 e. The Morgan fingerprint density at radius 2 is 1.68 bits per heavy atom. The molecule has 1 heterocycles. The average molecular weight is 482 g/mol. The summed E-state index contributed by atoms with van der Waals surface area (Å²) in [5, 5.41) is 14.9. The summed E-state index contributed by atoms with van der Waals surface area (Å²) in [6, 6.07) is 14.9. The first-order valence-electron chi connectivity index (χ1n) is 11.1. The molecule has 1 aromatic heterocycles. The summed E-state index contributed by atoms with van der Waals surface area (Å²) in [4.78, 5) is 24.8. The lowest BCUT2D eigenvalue weighted by Gasteiger charge is -2.14. The van der Waals surface area contributed by atoms with Crippen LogP contribution in [0.5, 0.6) is 5.75 Å². The highest BCUT2D eigenvalue weighted by atomic mass is 32.2. The molecule has 34 heavy (non-hydrogen) atoms. The van der Waals surface area contributed by atoms with Crippen molar-refractivity contribution in [2.24, 2.45) is 7.05 Å². The zero-order valence-electron chi connectivity index (χ0n) is 20.2. The minimum atomic E-state index is -0.328. The normalized spacial score (nSPS) is 11.8. The Morgan fingerprint density at radius 1 is 1.00 bits per heavy atom. The monoisotopic (exact) mass is 481 g/mol. The lowest BCUT2D eigenvalue weighted by atomic mass is 10.0. The van der Waals surface area contributed by atoms with Gasteiger partial charge in [0.2, 0.25) is 11.8 Å². The lowest BCUT2D eigenvalue weighted by molar-refractivity contribution is -0.121. The van der Waals surface area contributed by atoms with Gasteiger partial charge in [0.1, 0.15) is 5.75 Å². The van der Waals surface area contributed by atoms with Gasteiger partial charge in [-0.25, -0.2) is 0 Å². The van der Waals surface area contributed by atoms with Crippen molar-refractivity contribution in [2.75, 3.05) is 18.2 Å². The molecule has 0 aliphatic rings. The van der Waals surface area contributed by atoms with Crippen molar-refractivity contribution < 1.29 is 14.3 Å². The zero-order valence-corrected chi connectivity index (χ0v) is 21.0. The number of rotatable bonds is 10. The Balaban J connectivity index is 1.50. The van der Waals surface area contributed by atoms with Crippen LogP contribution in [0.2, 0.25) is 0 Å². The molecule has 0 spiro atoms. The Kier molecular flexibility index (Phi) is 8.70. The van der Waals surface area contributed by atoms with Crippen LogP contribution in [0.15, 0.2) is 53.7 Å². The van der Waals surface area contributed by atoms with Crippen LogP contribution in [-0.4, -0.2) is 39.4 Å². The van der Waals surface area contributed by atoms with Gasteiger partial charge in [-0.15, -0.1) is 10.2 Å². The van der Waals surface area contributed by atoms with Gasteiger partial charge in [-0.2, -0.15) is 0 Å². The van der Waals surface area contributed by atoms with Crippen molar-refractivity contribution in [3.63, 3.8) is 0 Å². The van der Waals surface area contributed by atoms with Gasteiger partial charge in [0.15, 0.2) is 11.0 Å². The van der Waals surface area contributed by atoms with Gasteiger partial charge >= 0.3 is 0 Å². The van der Waals surface area contributed by atoms with Crippen LogP contribution in [-0.2, 0) is 23.1 Å². The Morgan fingerprint density at radius 3 is 2.29 bits per heavy atom. The second-order valence-corrected chi connectivity index (χ2v) is 9.27. The predicted octanol–water partition coefficient (Wildman–Crippen LogP) is 4.10. The number of carbonyl (C=O) groups is 2. The van der Waals surface area contributed by atoms with Crippen molar-refractivity contribution in [1.29, 1.82) is 0 Å². The number of hydrogen-bond donors (Lipinski definition) is 2.